The van der Waals surface area contributed by atoms with Gasteiger partial charge in [-0.1, -0.05) is 17.7 Å². The molecule has 6 nitrogen and oxygen atoms in total. The molecule has 1 aromatic carbocycles. The molecule has 25 heavy (non-hydrogen) atoms. The molecule has 2 N–H and O–H groups in total. The Morgan fingerprint density at radius 1 is 1.28 bits per heavy atom. The quantitative estimate of drug-likeness (QED) is 0.908. The predicted octanol–water partition coefficient (Wildman–Crippen LogP) is 2.52. The third-order valence-corrected chi connectivity index (χ3v) is 4.26. The van der Waals surface area contributed by atoms with E-state index in [0.717, 1.165) is 12.8 Å². The van der Waals surface area contributed by atoms with Crippen LogP contribution < -0.4 is 10.5 Å². The number of ether oxygens (including phenoxy) is 1. The first-order chi connectivity index (χ1) is 12.0. The minimum absolute atomic E-state index is 0.0663. The highest BCUT2D eigenvalue weighted by Gasteiger charge is 2.26. The highest BCUT2D eigenvalue weighted by atomic mass is 35.5. The Bertz CT molecular complexity index is 797. The number of hydrogen-bond donors (Lipinski definition) is 1. The van der Waals surface area contributed by atoms with Crippen LogP contribution in [0.1, 0.15) is 33.7 Å². The first-order valence-electron chi connectivity index (χ1n) is 8.00. The van der Waals surface area contributed by atoms with Crippen molar-refractivity contribution >= 4 is 23.4 Å². The molecule has 2 aromatic rings. The number of carbonyl (C=O) groups excluding carboxylic acids is 2. The second kappa shape index (κ2) is 7.53. The molecule has 1 aliphatic heterocycles. The van der Waals surface area contributed by atoms with E-state index in [1.807, 2.05) is 0 Å². The van der Waals surface area contributed by atoms with E-state index < -0.39 is 5.91 Å². The number of carbonyl (C=O) groups is 2. The summed E-state index contributed by atoms with van der Waals surface area (Å²) in [6, 6.07) is 10.1. The van der Waals surface area contributed by atoms with Gasteiger partial charge in [0, 0.05) is 29.4 Å². The van der Waals surface area contributed by atoms with Crippen LogP contribution in [0.15, 0.2) is 42.6 Å². The summed E-state index contributed by atoms with van der Waals surface area (Å²) in [5, 5.41) is 0.534. The average molecular weight is 360 g/mol. The maximum Gasteiger partial charge on any atom is 0.267 e. The summed E-state index contributed by atoms with van der Waals surface area (Å²) >= 11 is 5.97. The van der Waals surface area contributed by atoms with Gasteiger partial charge in [-0.05, 0) is 37.1 Å². The first kappa shape index (κ1) is 17.2. The molecule has 0 aliphatic carbocycles. The molecule has 1 fully saturated rings. The third kappa shape index (κ3) is 4.28. The number of benzene rings is 1. The smallest absolute Gasteiger partial charge is 0.267 e. The second-order valence-electron chi connectivity index (χ2n) is 5.88. The summed E-state index contributed by atoms with van der Waals surface area (Å²) in [7, 11) is 0. The number of pyridine rings is 1. The van der Waals surface area contributed by atoms with Crippen molar-refractivity contribution in [1.29, 1.82) is 0 Å². The van der Waals surface area contributed by atoms with Gasteiger partial charge in [-0.3, -0.25) is 14.6 Å². The van der Waals surface area contributed by atoms with Crippen LogP contribution in [0.4, 0.5) is 0 Å². The maximum absolute atomic E-state index is 12.6. The van der Waals surface area contributed by atoms with Crippen molar-refractivity contribution in [1.82, 2.24) is 9.88 Å². The normalized spacial score (nSPS) is 17.2. The molecule has 0 radical (unpaired) electrons. The Morgan fingerprint density at radius 2 is 2.12 bits per heavy atom. The Labute approximate surface area is 150 Å². The Morgan fingerprint density at radius 3 is 2.88 bits per heavy atom. The summed E-state index contributed by atoms with van der Waals surface area (Å²) in [6.45, 7) is 1.15. The molecule has 0 bridgehead atoms. The largest absolute Gasteiger partial charge is 0.488 e. The van der Waals surface area contributed by atoms with Crippen molar-refractivity contribution in [2.45, 2.75) is 18.9 Å². The van der Waals surface area contributed by atoms with Crippen LogP contribution in [0, 0.1) is 0 Å². The molecular formula is C18H18ClN3O3. The van der Waals surface area contributed by atoms with Crippen LogP contribution >= 0.6 is 11.6 Å². The molecule has 1 unspecified atom stereocenters. The summed E-state index contributed by atoms with van der Waals surface area (Å²) in [5.41, 5.74) is 5.95. The van der Waals surface area contributed by atoms with Gasteiger partial charge in [0.05, 0.1) is 6.54 Å². The number of aromatic nitrogens is 1. The molecule has 1 aromatic heterocycles. The maximum atomic E-state index is 12.6. The lowest BCUT2D eigenvalue weighted by molar-refractivity contribution is 0.0537. The van der Waals surface area contributed by atoms with Crippen LogP contribution in [-0.2, 0) is 0 Å². The molecule has 2 amide bonds. The fourth-order valence-corrected chi connectivity index (χ4v) is 3.02. The minimum Gasteiger partial charge on any atom is -0.488 e. The summed E-state index contributed by atoms with van der Waals surface area (Å²) in [6.07, 6.45) is 2.99. The number of rotatable bonds is 4. The van der Waals surface area contributed by atoms with Gasteiger partial charge in [-0.2, -0.15) is 0 Å². The van der Waals surface area contributed by atoms with Gasteiger partial charge in [0.15, 0.2) is 0 Å². The summed E-state index contributed by atoms with van der Waals surface area (Å²) in [5.74, 6) is -0.152. The van der Waals surface area contributed by atoms with Crippen molar-refractivity contribution in [2.75, 3.05) is 13.1 Å². The first-order valence-corrected chi connectivity index (χ1v) is 8.38. The van der Waals surface area contributed by atoms with Gasteiger partial charge in [-0.25, -0.2) is 0 Å². The van der Waals surface area contributed by atoms with E-state index in [9.17, 15) is 9.59 Å². The standard InChI is InChI=1S/C18H18ClN3O3/c19-13-4-1-3-12(9-13)18(24)22-8-2-5-15(11-22)25-14-6-7-21-16(10-14)17(20)23/h1,3-4,6-7,9-10,15H,2,5,8,11H2,(H2,20,23). The van der Waals surface area contributed by atoms with Crippen LogP contribution in [0.5, 0.6) is 5.75 Å². The SMILES string of the molecule is NC(=O)c1cc(OC2CCCN(C(=O)c3cccc(Cl)c3)C2)ccn1. The molecule has 1 saturated heterocycles. The van der Waals surface area contributed by atoms with E-state index in [1.54, 1.807) is 35.2 Å². The van der Waals surface area contributed by atoms with Gasteiger partial charge in [0.25, 0.3) is 11.8 Å². The number of nitrogens with two attached hydrogens (primary N) is 1. The van der Waals surface area contributed by atoms with Gasteiger partial charge in [0.1, 0.15) is 17.5 Å². The molecule has 7 heteroatoms. The van der Waals surface area contributed by atoms with Gasteiger partial charge in [-0.15, -0.1) is 0 Å². The van der Waals surface area contributed by atoms with Crippen LogP contribution in [0.2, 0.25) is 5.02 Å². The van der Waals surface area contributed by atoms with Gasteiger partial charge < -0.3 is 15.4 Å². The van der Waals surface area contributed by atoms with Crippen LogP contribution in [-0.4, -0.2) is 40.9 Å². The number of likely N-dealkylation sites (tertiary alicyclic amines) is 1. The van der Waals surface area contributed by atoms with E-state index in [2.05, 4.69) is 4.98 Å². The van der Waals surface area contributed by atoms with E-state index >= 15 is 0 Å². The van der Waals surface area contributed by atoms with Gasteiger partial charge >= 0.3 is 0 Å². The summed E-state index contributed by atoms with van der Waals surface area (Å²) in [4.78, 5) is 29.5. The number of amides is 2. The molecule has 1 atom stereocenters. The lowest BCUT2D eigenvalue weighted by Gasteiger charge is -2.33. The number of primary amides is 1. The zero-order valence-corrected chi connectivity index (χ0v) is 14.3. The van der Waals surface area contributed by atoms with Crippen molar-refractivity contribution in [3.05, 3.63) is 58.9 Å². The lowest BCUT2D eigenvalue weighted by atomic mass is 10.1. The third-order valence-electron chi connectivity index (χ3n) is 4.02. The number of halogens is 1. The fourth-order valence-electron chi connectivity index (χ4n) is 2.83. The highest BCUT2D eigenvalue weighted by molar-refractivity contribution is 6.30. The lowest BCUT2D eigenvalue weighted by Crippen LogP contribution is -2.44. The Hall–Kier alpha value is -2.60. The fraction of sp³-hybridized carbons (Fsp3) is 0.278. The molecule has 0 spiro atoms. The van der Waals surface area contributed by atoms with Gasteiger partial charge in [0.2, 0.25) is 0 Å². The zero-order valence-electron chi connectivity index (χ0n) is 13.5. The topological polar surface area (TPSA) is 85.5 Å². The Kier molecular flexibility index (Phi) is 5.19. The molecule has 130 valence electrons. The Balaban J connectivity index is 1.68. The minimum atomic E-state index is -0.605. The van der Waals surface area contributed by atoms with E-state index in [4.69, 9.17) is 22.1 Å². The van der Waals surface area contributed by atoms with E-state index in [0.29, 0.717) is 29.4 Å². The molecular weight excluding hydrogens is 342 g/mol. The second-order valence-corrected chi connectivity index (χ2v) is 6.32. The average Bonchev–Trinajstić information content (AvgIpc) is 2.61. The number of nitrogens with zero attached hydrogens (tertiary/aromatic N) is 2. The molecule has 0 saturated carbocycles. The number of hydrogen-bond acceptors (Lipinski definition) is 4. The molecule has 1 aliphatic rings. The summed E-state index contributed by atoms with van der Waals surface area (Å²) < 4.78 is 5.92. The number of piperidine rings is 1. The van der Waals surface area contributed by atoms with Crippen molar-refractivity contribution in [2.24, 2.45) is 5.73 Å². The van der Waals surface area contributed by atoms with Crippen molar-refractivity contribution in [3.63, 3.8) is 0 Å². The highest BCUT2D eigenvalue weighted by Crippen LogP contribution is 2.21. The monoisotopic (exact) mass is 359 g/mol. The van der Waals surface area contributed by atoms with E-state index in [-0.39, 0.29) is 17.7 Å². The van der Waals surface area contributed by atoms with Crippen LogP contribution in [0.25, 0.3) is 0 Å². The zero-order chi connectivity index (χ0) is 17.8. The molecule has 2 heterocycles. The van der Waals surface area contributed by atoms with Crippen molar-refractivity contribution < 1.29 is 14.3 Å². The molecule has 3 rings (SSSR count). The van der Waals surface area contributed by atoms with E-state index in [1.165, 1.54) is 12.3 Å². The van der Waals surface area contributed by atoms with Crippen molar-refractivity contribution in [3.8, 4) is 5.75 Å². The van der Waals surface area contributed by atoms with Crippen LogP contribution in [0.3, 0.4) is 0 Å². The predicted molar refractivity (Wildman–Crippen MR) is 93.8 cm³/mol.